The zero-order chi connectivity index (χ0) is 12.9. The van der Waals surface area contributed by atoms with Gasteiger partial charge in [-0.2, -0.15) is 0 Å². The number of hydrogen-bond donors (Lipinski definition) is 0. The molecular weight excluding hydrogens is 218 g/mol. The van der Waals surface area contributed by atoms with Crippen LogP contribution in [0, 0.1) is 5.41 Å². The average Bonchev–Trinajstić information content (AvgIpc) is 2.63. The van der Waals surface area contributed by atoms with E-state index in [1.807, 2.05) is 0 Å². The molecule has 1 heteroatoms. The number of rotatable bonds is 0. The van der Waals surface area contributed by atoms with Crippen molar-refractivity contribution in [3.8, 4) is 0 Å². The Morgan fingerprint density at radius 1 is 1.11 bits per heavy atom. The van der Waals surface area contributed by atoms with Crippen LogP contribution in [0.1, 0.15) is 56.1 Å². The minimum Gasteiger partial charge on any atom is -0.347 e. The van der Waals surface area contributed by atoms with Gasteiger partial charge in [0.2, 0.25) is 0 Å². The van der Waals surface area contributed by atoms with Crippen molar-refractivity contribution >= 4 is 12.2 Å². The second-order valence-electron chi connectivity index (χ2n) is 6.64. The zero-order valence-corrected chi connectivity index (χ0v) is 12.0. The lowest BCUT2D eigenvalue weighted by atomic mass is 9.79. The Kier molecular flexibility index (Phi) is 2.55. The Labute approximate surface area is 110 Å². The number of hydrogen-bond acceptors (Lipinski definition) is 0. The molecule has 1 aromatic rings. The first-order valence-electron chi connectivity index (χ1n) is 7.06. The Morgan fingerprint density at radius 3 is 2.61 bits per heavy atom. The van der Waals surface area contributed by atoms with Gasteiger partial charge in [0.1, 0.15) is 0 Å². The van der Waals surface area contributed by atoms with Gasteiger partial charge >= 0.3 is 0 Å². The molecule has 0 atom stereocenters. The smallest absolute Gasteiger partial charge is 0.0441 e. The summed E-state index contributed by atoms with van der Waals surface area (Å²) >= 11 is 0. The standard InChI is InChI=1S/C17H23N/c1-17(2,3)12-9-10-16-14(11-12)13-7-5-6-8-15(13)18(16)4/h6,8,11H,5,7,9-10H2,1-4H3. The van der Waals surface area contributed by atoms with Crippen LogP contribution in [0.2, 0.25) is 0 Å². The number of nitrogens with zero attached hydrogens (tertiary/aromatic N) is 1. The number of aromatic nitrogens is 1. The van der Waals surface area contributed by atoms with Crippen LogP contribution < -0.4 is 0 Å². The normalized spacial score (nSPS) is 18.3. The molecule has 18 heavy (non-hydrogen) atoms. The summed E-state index contributed by atoms with van der Waals surface area (Å²) < 4.78 is 2.41. The fraction of sp³-hybridized carbons (Fsp3) is 0.529. The molecule has 1 aromatic heterocycles. The van der Waals surface area contributed by atoms with Gasteiger partial charge in [-0.05, 0) is 48.3 Å². The molecule has 0 aliphatic heterocycles. The van der Waals surface area contributed by atoms with Crippen molar-refractivity contribution in [3.63, 3.8) is 0 Å². The summed E-state index contributed by atoms with van der Waals surface area (Å²) in [5, 5.41) is 0. The predicted octanol–water partition coefficient (Wildman–Crippen LogP) is 4.36. The van der Waals surface area contributed by atoms with E-state index in [2.05, 4.69) is 50.6 Å². The molecule has 1 heterocycles. The Balaban J connectivity index is 2.17. The Hall–Kier alpha value is -1.24. The van der Waals surface area contributed by atoms with Gasteiger partial charge in [-0.1, -0.05) is 38.5 Å². The summed E-state index contributed by atoms with van der Waals surface area (Å²) in [5.41, 5.74) is 8.02. The van der Waals surface area contributed by atoms with Gasteiger partial charge in [-0.15, -0.1) is 0 Å². The van der Waals surface area contributed by atoms with Gasteiger partial charge in [0.15, 0.2) is 0 Å². The lowest BCUT2D eigenvalue weighted by Gasteiger charge is -2.27. The zero-order valence-electron chi connectivity index (χ0n) is 12.0. The molecule has 0 unspecified atom stereocenters. The molecule has 1 nitrogen and oxygen atoms in total. The molecule has 0 amide bonds. The summed E-state index contributed by atoms with van der Waals surface area (Å²) in [4.78, 5) is 0. The molecule has 0 bridgehead atoms. The topological polar surface area (TPSA) is 4.93 Å². The van der Waals surface area contributed by atoms with Crippen molar-refractivity contribution in [2.75, 3.05) is 0 Å². The minimum atomic E-state index is 0.310. The summed E-state index contributed by atoms with van der Waals surface area (Å²) in [6.07, 6.45) is 11.9. The third-order valence-electron chi connectivity index (χ3n) is 4.46. The van der Waals surface area contributed by atoms with E-state index < -0.39 is 0 Å². The molecule has 3 rings (SSSR count). The molecule has 0 aromatic carbocycles. The molecular formula is C17H23N. The fourth-order valence-electron chi connectivity index (χ4n) is 3.30. The lowest BCUT2D eigenvalue weighted by molar-refractivity contribution is 0.482. The van der Waals surface area contributed by atoms with Gasteiger partial charge in [0.25, 0.3) is 0 Å². The van der Waals surface area contributed by atoms with Gasteiger partial charge in [0, 0.05) is 18.4 Å². The highest BCUT2D eigenvalue weighted by molar-refractivity contribution is 5.70. The highest BCUT2D eigenvalue weighted by atomic mass is 15.0. The second kappa shape index (κ2) is 3.88. The van der Waals surface area contributed by atoms with Gasteiger partial charge in [-0.3, -0.25) is 0 Å². The van der Waals surface area contributed by atoms with Crippen molar-refractivity contribution in [1.29, 1.82) is 0 Å². The highest BCUT2D eigenvalue weighted by Gasteiger charge is 2.26. The van der Waals surface area contributed by atoms with E-state index in [9.17, 15) is 0 Å². The summed E-state index contributed by atoms with van der Waals surface area (Å²) in [6, 6.07) is 0. The van der Waals surface area contributed by atoms with Crippen LogP contribution in [0.4, 0.5) is 0 Å². The SMILES string of the molecule is Cn1c2c(c3c1CCC(C(C)(C)C)=C3)CCC=C2. The average molecular weight is 241 g/mol. The molecule has 2 aliphatic rings. The Morgan fingerprint density at radius 2 is 1.89 bits per heavy atom. The largest absolute Gasteiger partial charge is 0.347 e. The molecule has 0 radical (unpaired) electrons. The van der Waals surface area contributed by atoms with Crippen molar-refractivity contribution in [2.24, 2.45) is 12.5 Å². The molecule has 0 saturated carbocycles. The third-order valence-corrected chi connectivity index (χ3v) is 4.46. The van der Waals surface area contributed by atoms with Crippen molar-refractivity contribution in [3.05, 3.63) is 34.2 Å². The van der Waals surface area contributed by atoms with E-state index in [-0.39, 0.29) is 0 Å². The van der Waals surface area contributed by atoms with Gasteiger partial charge in [0.05, 0.1) is 0 Å². The summed E-state index contributed by atoms with van der Waals surface area (Å²) in [6.45, 7) is 7.00. The number of fused-ring (bicyclic) bond motifs is 3. The van der Waals surface area contributed by atoms with E-state index in [4.69, 9.17) is 0 Å². The summed E-state index contributed by atoms with van der Waals surface area (Å²) in [5.74, 6) is 0. The maximum atomic E-state index is 2.48. The third kappa shape index (κ3) is 1.68. The van der Waals surface area contributed by atoms with E-state index in [0.29, 0.717) is 5.41 Å². The van der Waals surface area contributed by atoms with Crippen LogP contribution in [-0.2, 0) is 19.9 Å². The monoisotopic (exact) mass is 241 g/mol. The van der Waals surface area contributed by atoms with Gasteiger partial charge in [-0.25, -0.2) is 0 Å². The quantitative estimate of drug-likeness (QED) is 0.636. The van der Waals surface area contributed by atoms with E-state index >= 15 is 0 Å². The van der Waals surface area contributed by atoms with E-state index in [1.165, 1.54) is 36.9 Å². The fourth-order valence-corrected chi connectivity index (χ4v) is 3.30. The van der Waals surface area contributed by atoms with Crippen molar-refractivity contribution in [1.82, 2.24) is 4.57 Å². The maximum Gasteiger partial charge on any atom is 0.0441 e. The number of allylic oxidation sites excluding steroid dienone is 2. The van der Waals surface area contributed by atoms with Crippen LogP contribution in [0.5, 0.6) is 0 Å². The molecule has 96 valence electrons. The van der Waals surface area contributed by atoms with Crippen molar-refractivity contribution in [2.45, 2.75) is 46.5 Å². The molecule has 0 spiro atoms. The molecule has 2 aliphatic carbocycles. The van der Waals surface area contributed by atoms with Gasteiger partial charge < -0.3 is 4.57 Å². The first-order chi connectivity index (χ1) is 8.48. The second-order valence-corrected chi connectivity index (χ2v) is 6.64. The van der Waals surface area contributed by atoms with E-state index in [0.717, 1.165) is 0 Å². The van der Waals surface area contributed by atoms with Crippen LogP contribution in [0.3, 0.4) is 0 Å². The maximum absolute atomic E-state index is 2.48. The minimum absolute atomic E-state index is 0.310. The molecule has 0 N–H and O–H groups in total. The first kappa shape index (κ1) is 11.8. The highest BCUT2D eigenvalue weighted by Crippen LogP contribution is 2.39. The van der Waals surface area contributed by atoms with E-state index in [1.54, 1.807) is 16.8 Å². The predicted molar refractivity (Wildman–Crippen MR) is 78.5 cm³/mol. The molecule has 0 saturated heterocycles. The molecule has 0 fully saturated rings. The lowest BCUT2D eigenvalue weighted by Crippen LogP contribution is -2.14. The Bertz CT molecular complexity index is 547. The van der Waals surface area contributed by atoms with Crippen LogP contribution in [0.25, 0.3) is 12.2 Å². The van der Waals surface area contributed by atoms with Crippen LogP contribution in [0.15, 0.2) is 11.6 Å². The van der Waals surface area contributed by atoms with Crippen molar-refractivity contribution < 1.29 is 0 Å². The van der Waals surface area contributed by atoms with Crippen LogP contribution >= 0.6 is 0 Å². The first-order valence-corrected chi connectivity index (χ1v) is 7.06. The van der Waals surface area contributed by atoms with Crippen LogP contribution in [-0.4, -0.2) is 4.57 Å². The summed E-state index contributed by atoms with van der Waals surface area (Å²) in [7, 11) is 2.23.